The molecule has 1 aromatic carbocycles. The number of nitrogens with two attached hydrogens (primary N) is 1. The molecule has 1 fully saturated rings. The number of urea groups is 1. The van der Waals surface area contributed by atoms with Gasteiger partial charge in [0.1, 0.15) is 0 Å². The van der Waals surface area contributed by atoms with Crippen molar-refractivity contribution in [2.45, 2.75) is 12.8 Å². The van der Waals surface area contributed by atoms with Gasteiger partial charge in [0.2, 0.25) is 5.91 Å². The van der Waals surface area contributed by atoms with E-state index in [4.69, 9.17) is 29.6 Å². The van der Waals surface area contributed by atoms with Gasteiger partial charge in [0.05, 0.1) is 5.92 Å². The Morgan fingerprint density at radius 2 is 1.96 bits per heavy atom. The summed E-state index contributed by atoms with van der Waals surface area (Å²) < 4.78 is 0. The van der Waals surface area contributed by atoms with Crippen molar-refractivity contribution in [2.75, 3.05) is 18.4 Å². The average Bonchev–Trinajstić information content (AvgIpc) is 2.55. The van der Waals surface area contributed by atoms with Crippen molar-refractivity contribution in [1.82, 2.24) is 15.8 Å². The van der Waals surface area contributed by atoms with Crippen LogP contribution in [0.5, 0.6) is 0 Å². The Kier molecular flexibility index (Phi) is 6.00. The summed E-state index contributed by atoms with van der Waals surface area (Å²) in [4.78, 5) is 24.8. The van der Waals surface area contributed by atoms with Gasteiger partial charge in [-0.1, -0.05) is 11.6 Å². The Bertz CT molecular complexity index is 595. The molecule has 0 aromatic heterocycles. The van der Waals surface area contributed by atoms with Gasteiger partial charge in [0.25, 0.3) is 0 Å². The highest BCUT2D eigenvalue weighted by atomic mass is 35.5. The monoisotopic (exact) mass is 355 g/mol. The van der Waals surface area contributed by atoms with Gasteiger partial charge >= 0.3 is 6.03 Å². The third-order valence-corrected chi connectivity index (χ3v) is 3.96. The van der Waals surface area contributed by atoms with Crippen LogP contribution in [0.4, 0.5) is 10.5 Å². The third-order valence-electron chi connectivity index (χ3n) is 3.51. The molecule has 1 saturated heterocycles. The van der Waals surface area contributed by atoms with E-state index in [2.05, 4.69) is 16.2 Å². The zero-order valence-corrected chi connectivity index (χ0v) is 13.9. The normalized spacial score (nSPS) is 17.3. The molecule has 1 aromatic rings. The summed E-state index contributed by atoms with van der Waals surface area (Å²) >= 11 is 10.9. The number of hydrogen-bond acceptors (Lipinski definition) is 3. The Hall–Kier alpha value is -2.06. The maximum atomic E-state index is 12.1. The summed E-state index contributed by atoms with van der Waals surface area (Å²) in [7, 11) is 0. The number of thiocarbonyl (C=S) groups is 1. The minimum absolute atomic E-state index is 0.226. The van der Waals surface area contributed by atoms with Crippen LogP contribution in [-0.4, -0.2) is 35.0 Å². The molecule has 124 valence electrons. The number of hydrogen-bond donors (Lipinski definition) is 4. The van der Waals surface area contributed by atoms with Crippen LogP contribution in [-0.2, 0) is 4.79 Å². The summed E-state index contributed by atoms with van der Waals surface area (Å²) in [6.45, 7) is 0.906. The minimum atomic E-state index is -0.504. The molecule has 9 heteroatoms. The Morgan fingerprint density at radius 1 is 1.26 bits per heavy atom. The van der Waals surface area contributed by atoms with E-state index in [9.17, 15) is 9.59 Å². The molecule has 0 aliphatic carbocycles. The second-order valence-corrected chi connectivity index (χ2v) is 6.04. The highest BCUT2D eigenvalue weighted by molar-refractivity contribution is 7.80. The molecular weight excluding hydrogens is 338 g/mol. The van der Waals surface area contributed by atoms with Crippen LogP contribution < -0.4 is 21.9 Å². The maximum Gasteiger partial charge on any atom is 0.314 e. The van der Waals surface area contributed by atoms with Crippen LogP contribution in [0.25, 0.3) is 0 Å². The van der Waals surface area contributed by atoms with E-state index < -0.39 is 6.03 Å². The van der Waals surface area contributed by atoms with Crippen LogP contribution >= 0.6 is 23.8 Å². The van der Waals surface area contributed by atoms with Crippen molar-refractivity contribution in [3.05, 3.63) is 29.3 Å². The molecule has 7 nitrogen and oxygen atoms in total. The highest BCUT2D eigenvalue weighted by Crippen LogP contribution is 2.16. The first-order chi connectivity index (χ1) is 11.0. The second-order valence-electron chi connectivity index (χ2n) is 5.20. The van der Waals surface area contributed by atoms with Crippen molar-refractivity contribution >= 4 is 46.6 Å². The number of likely N-dealkylation sites (tertiary alicyclic amines) is 1. The minimum Gasteiger partial charge on any atom is -0.351 e. The molecule has 0 spiro atoms. The average molecular weight is 356 g/mol. The predicted molar refractivity (Wildman–Crippen MR) is 92.8 cm³/mol. The van der Waals surface area contributed by atoms with Gasteiger partial charge in [0, 0.05) is 23.8 Å². The molecule has 3 amide bonds. The van der Waals surface area contributed by atoms with E-state index in [-0.39, 0.29) is 16.9 Å². The highest BCUT2D eigenvalue weighted by Gasteiger charge is 2.27. The molecule has 1 atom stereocenters. The summed E-state index contributed by atoms with van der Waals surface area (Å²) in [5.74, 6) is -0.529. The number of carbonyl (C=O) groups excluding carboxylic acids is 2. The van der Waals surface area contributed by atoms with Gasteiger partial charge in [0.15, 0.2) is 5.11 Å². The largest absolute Gasteiger partial charge is 0.351 e. The van der Waals surface area contributed by atoms with Crippen molar-refractivity contribution in [3.63, 3.8) is 0 Å². The van der Waals surface area contributed by atoms with Gasteiger partial charge in [-0.3, -0.25) is 15.6 Å². The number of halogens is 1. The topological polar surface area (TPSA) is 99.5 Å². The summed E-state index contributed by atoms with van der Waals surface area (Å²) in [6.07, 6.45) is 1.45. The number of rotatable bonds is 2. The van der Waals surface area contributed by atoms with Crippen molar-refractivity contribution in [3.8, 4) is 0 Å². The van der Waals surface area contributed by atoms with Crippen molar-refractivity contribution in [2.24, 2.45) is 11.7 Å². The zero-order chi connectivity index (χ0) is 16.8. The third kappa shape index (κ3) is 5.26. The number of anilines is 1. The lowest BCUT2D eigenvalue weighted by Gasteiger charge is -2.30. The fourth-order valence-electron chi connectivity index (χ4n) is 2.31. The van der Waals surface area contributed by atoms with Crippen LogP contribution in [0.2, 0.25) is 5.02 Å². The number of primary amides is 1. The van der Waals surface area contributed by atoms with E-state index >= 15 is 0 Å². The van der Waals surface area contributed by atoms with Crippen molar-refractivity contribution < 1.29 is 9.59 Å². The summed E-state index contributed by atoms with van der Waals surface area (Å²) in [6, 6.07) is 6.49. The van der Waals surface area contributed by atoms with Crippen LogP contribution in [0.15, 0.2) is 24.3 Å². The van der Waals surface area contributed by atoms with Gasteiger partial charge in [-0.05, 0) is 49.3 Å². The predicted octanol–water partition coefficient (Wildman–Crippen LogP) is 1.45. The Labute approximate surface area is 144 Å². The van der Waals surface area contributed by atoms with E-state index in [0.29, 0.717) is 24.5 Å². The number of benzene rings is 1. The van der Waals surface area contributed by atoms with Crippen LogP contribution in [0, 0.1) is 5.92 Å². The molecule has 1 aliphatic rings. The summed E-state index contributed by atoms with van der Waals surface area (Å²) in [5.41, 5.74) is 11.2. The molecule has 0 radical (unpaired) electrons. The smallest absolute Gasteiger partial charge is 0.314 e. The number of piperidine rings is 1. The number of amides is 3. The lowest BCUT2D eigenvalue weighted by Crippen LogP contribution is -2.51. The van der Waals surface area contributed by atoms with E-state index in [0.717, 1.165) is 12.1 Å². The summed E-state index contributed by atoms with van der Waals surface area (Å²) in [5, 5.41) is 3.79. The Morgan fingerprint density at radius 3 is 2.61 bits per heavy atom. The maximum absolute atomic E-state index is 12.1. The second kappa shape index (κ2) is 7.98. The lowest BCUT2D eigenvalue weighted by molar-refractivity contribution is -0.126. The number of carbonyl (C=O) groups is 2. The molecule has 0 saturated carbocycles. The molecule has 0 unspecified atom stereocenters. The lowest BCUT2D eigenvalue weighted by atomic mass is 9.98. The van der Waals surface area contributed by atoms with Gasteiger partial charge in [-0.2, -0.15) is 0 Å². The number of hydrazine groups is 1. The molecular formula is C14H18ClN5O2S. The fourth-order valence-corrected chi connectivity index (χ4v) is 2.60. The fraction of sp³-hybridized carbons (Fsp3) is 0.357. The first kappa shape index (κ1) is 17.3. The zero-order valence-electron chi connectivity index (χ0n) is 12.3. The van der Waals surface area contributed by atoms with Gasteiger partial charge in [-0.25, -0.2) is 4.79 Å². The van der Waals surface area contributed by atoms with E-state index in [1.807, 2.05) is 0 Å². The number of nitrogens with zero attached hydrogens (tertiary/aromatic N) is 1. The molecule has 5 N–H and O–H groups in total. The molecule has 2 rings (SSSR count). The van der Waals surface area contributed by atoms with E-state index in [1.54, 1.807) is 24.3 Å². The van der Waals surface area contributed by atoms with E-state index in [1.165, 1.54) is 4.90 Å². The quantitative estimate of drug-likeness (QED) is 0.475. The standard InChI is InChI=1S/C14H18ClN5O2S/c15-10-3-5-11(6-4-10)17-14(23)19-18-12(21)9-2-1-7-20(8-9)13(16)22/h3-6,9H,1-2,7-8H2,(H2,16,22)(H,18,21)(H2,17,19,23)/t9-/m0/s1. The first-order valence-corrected chi connectivity index (χ1v) is 7.91. The van der Waals surface area contributed by atoms with Crippen molar-refractivity contribution in [1.29, 1.82) is 0 Å². The first-order valence-electron chi connectivity index (χ1n) is 7.12. The SMILES string of the molecule is NC(=O)N1CCC[C@H](C(=O)NNC(=S)Nc2ccc(Cl)cc2)C1. The van der Waals surface area contributed by atoms with Crippen LogP contribution in [0.1, 0.15) is 12.8 Å². The van der Waals surface area contributed by atoms with Gasteiger partial charge in [-0.15, -0.1) is 0 Å². The Balaban J connectivity index is 1.78. The van der Waals surface area contributed by atoms with Gasteiger partial charge < -0.3 is 16.0 Å². The van der Waals surface area contributed by atoms with Crippen LogP contribution in [0.3, 0.4) is 0 Å². The molecule has 1 aliphatic heterocycles. The molecule has 0 bridgehead atoms. The molecule has 23 heavy (non-hydrogen) atoms. The number of nitrogens with one attached hydrogen (secondary N) is 3. The molecule has 1 heterocycles.